The minimum absolute atomic E-state index is 0.141. The van der Waals surface area contributed by atoms with Gasteiger partial charge in [-0.2, -0.15) is 0 Å². The molecule has 0 bridgehead atoms. The fourth-order valence-corrected chi connectivity index (χ4v) is 4.12. The molecular formula is C21H25N7O3S. The van der Waals surface area contributed by atoms with E-state index >= 15 is 0 Å². The average Bonchev–Trinajstić information content (AvgIpc) is 3.55. The Morgan fingerprint density at radius 3 is 2.81 bits per heavy atom. The van der Waals surface area contributed by atoms with Crippen LogP contribution in [0.1, 0.15) is 49.7 Å². The lowest BCUT2D eigenvalue weighted by Crippen LogP contribution is -2.30. The highest BCUT2D eigenvalue weighted by atomic mass is 32.1. The molecule has 1 aromatic carbocycles. The Balaban J connectivity index is 1.36. The number of oxime groups is 1. The van der Waals surface area contributed by atoms with Crippen LogP contribution in [-0.4, -0.2) is 49.0 Å². The molecule has 4 rings (SSSR count). The van der Waals surface area contributed by atoms with Crippen LogP contribution in [-0.2, 0) is 28.0 Å². The van der Waals surface area contributed by atoms with E-state index in [1.165, 1.54) is 16.0 Å². The molecule has 1 atom stereocenters. The van der Waals surface area contributed by atoms with Gasteiger partial charge in [0.15, 0.2) is 17.5 Å². The number of nitrogens with zero attached hydrogens (tertiary/aromatic N) is 6. The van der Waals surface area contributed by atoms with Crippen molar-refractivity contribution in [1.82, 2.24) is 25.2 Å². The van der Waals surface area contributed by atoms with Gasteiger partial charge in [-0.05, 0) is 30.2 Å². The van der Waals surface area contributed by atoms with Gasteiger partial charge >= 0.3 is 0 Å². The number of ether oxygens (including phenoxy) is 1. The van der Waals surface area contributed by atoms with Crippen LogP contribution < -0.4 is 5.32 Å². The highest BCUT2D eigenvalue weighted by Crippen LogP contribution is 2.23. The van der Waals surface area contributed by atoms with Gasteiger partial charge in [-0.25, -0.2) is 9.67 Å². The Morgan fingerprint density at radius 2 is 2.09 bits per heavy atom. The molecule has 1 fully saturated rings. The molecule has 11 heteroatoms. The van der Waals surface area contributed by atoms with E-state index < -0.39 is 6.10 Å². The molecule has 168 valence electrons. The monoisotopic (exact) mass is 455 g/mol. The van der Waals surface area contributed by atoms with Gasteiger partial charge in [0.05, 0.1) is 11.8 Å². The fourth-order valence-electron chi connectivity index (χ4n) is 3.42. The van der Waals surface area contributed by atoms with Crippen molar-refractivity contribution in [2.75, 3.05) is 5.32 Å². The number of rotatable bonds is 9. The molecule has 0 saturated heterocycles. The molecule has 0 radical (unpaired) electrons. The first kappa shape index (κ1) is 22.0. The Hall–Kier alpha value is -3.18. The largest absolute Gasteiger partial charge is 0.389 e. The number of hydrogen-bond donors (Lipinski definition) is 1. The predicted octanol–water partition coefficient (Wildman–Crippen LogP) is 2.92. The van der Waals surface area contributed by atoms with Crippen molar-refractivity contribution >= 4 is 28.1 Å². The summed E-state index contributed by atoms with van der Waals surface area (Å²) in [5, 5.41) is 21.0. The number of benzene rings is 1. The maximum absolute atomic E-state index is 12.4. The standard InChI is InChI=1S/C21H25N7O3S/c1-14(31-17-10-6-7-11-17)20(29)23-21-22-16(13-32-21)12-30-25-18(15-8-4-3-5-9-15)19-24-26-27-28(19)2/h3-5,8-9,13-14,17H,6-7,10-12H2,1-2H3,(H,22,23,29). The van der Waals surface area contributed by atoms with Crippen LogP contribution in [0.4, 0.5) is 5.13 Å². The molecule has 3 aromatic rings. The molecule has 32 heavy (non-hydrogen) atoms. The van der Waals surface area contributed by atoms with Crippen molar-refractivity contribution in [1.29, 1.82) is 0 Å². The van der Waals surface area contributed by atoms with Crippen molar-refractivity contribution in [3.63, 3.8) is 0 Å². The number of nitrogens with one attached hydrogen (secondary N) is 1. The Labute approximate surface area is 189 Å². The zero-order valence-electron chi connectivity index (χ0n) is 18.0. The van der Waals surface area contributed by atoms with Crippen LogP contribution in [0.25, 0.3) is 0 Å². The number of thiazole rings is 1. The number of carbonyl (C=O) groups is 1. The highest BCUT2D eigenvalue weighted by molar-refractivity contribution is 7.13. The molecular weight excluding hydrogens is 430 g/mol. The molecule has 1 amide bonds. The summed E-state index contributed by atoms with van der Waals surface area (Å²) >= 11 is 1.33. The van der Waals surface area contributed by atoms with Crippen molar-refractivity contribution in [2.45, 2.75) is 51.4 Å². The van der Waals surface area contributed by atoms with Crippen molar-refractivity contribution < 1.29 is 14.4 Å². The summed E-state index contributed by atoms with van der Waals surface area (Å²) in [6, 6.07) is 9.54. The van der Waals surface area contributed by atoms with E-state index in [1.54, 1.807) is 14.0 Å². The molecule has 0 spiro atoms. The third kappa shape index (κ3) is 5.54. The molecule has 1 saturated carbocycles. The number of hydrogen-bond acceptors (Lipinski definition) is 9. The first-order valence-corrected chi connectivity index (χ1v) is 11.4. The summed E-state index contributed by atoms with van der Waals surface area (Å²) in [6.45, 7) is 1.91. The minimum atomic E-state index is -0.514. The number of aryl methyl sites for hydroxylation is 1. The van der Waals surface area contributed by atoms with Gasteiger partial charge in [-0.15, -0.1) is 16.4 Å². The number of aromatic nitrogens is 5. The van der Waals surface area contributed by atoms with Crippen molar-refractivity contribution in [2.24, 2.45) is 12.2 Å². The molecule has 1 aliphatic rings. The maximum atomic E-state index is 12.4. The van der Waals surface area contributed by atoms with E-state index in [-0.39, 0.29) is 18.6 Å². The van der Waals surface area contributed by atoms with Crippen LogP contribution in [0.5, 0.6) is 0 Å². The van der Waals surface area contributed by atoms with Crippen LogP contribution in [0, 0.1) is 0 Å². The first-order chi connectivity index (χ1) is 15.6. The molecule has 2 heterocycles. The number of tetrazole rings is 1. The van der Waals surface area contributed by atoms with Crippen LogP contribution in [0.2, 0.25) is 0 Å². The Bertz CT molecular complexity index is 1060. The quantitative estimate of drug-likeness (QED) is 0.389. The lowest BCUT2D eigenvalue weighted by molar-refractivity contribution is -0.129. The minimum Gasteiger partial charge on any atom is -0.389 e. The lowest BCUT2D eigenvalue weighted by atomic mass is 10.1. The van der Waals surface area contributed by atoms with Gasteiger partial charge in [0, 0.05) is 18.0 Å². The summed E-state index contributed by atoms with van der Waals surface area (Å²) < 4.78 is 7.36. The second kappa shape index (κ2) is 10.4. The van der Waals surface area contributed by atoms with Gasteiger partial charge < -0.3 is 9.57 Å². The smallest absolute Gasteiger partial charge is 0.255 e. The van der Waals surface area contributed by atoms with E-state index in [1.807, 2.05) is 35.7 Å². The third-order valence-corrected chi connectivity index (χ3v) is 5.90. The first-order valence-electron chi connectivity index (χ1n) is 10.5. The van der Waals surface area contributed by atoms with Crippen LogP contribution >= 0.6 is 11.3 Å². The predicted molar refractivity (Wildman–Crippen MR) is 119 cm³/mol. The van der Waals surface area contributed by atoms with Crippen molar-refractivity contribution in [3.8, 4) is 0 Å². The van der Waals surface area contributed by atoms with E-state index in [4.69, 9.17) is 9.57 Å². The van der Waals surface area contributed by atoms with Gasteiger partial charge in [0.2, 0.25) is 5.82 Å². The van der Waals surface area contributed by atoms with Crippen LogP contribution in [0.15, 0.2) is 40.9 Å². The molecule has 10 nitrogen and oxygen atoms in total. The lowest BCUT2D eigenvalue weighted by Gasteiger charge is -2.17. The third-order valence-electron chi connectivity index (χ3n) is 5.10. The van der Waals surface area contributed by atoms with E-state index in [0.29, 0.717) is 22.4 Å². The summed E-state index contributed by atoms with van der Waals surface area (Å²) in [7, 11) is 1.74. The molecule has 1 unspecified atom stereocenters. The summed E-state index contributed by atoms with van der Waals surface area (Å²) in [6.07, 6.45) is 4.03. The Morgan fingerprint density at radius 1 is 1.31 bits per heavy atom. The fraction of sp³-hybridized carbons (Fsp3) is 0.429. The van der Waals surface area contributed by atoms with Gasteiger partial charge in [-0.1, -0.05) is 48.3 Å². The van der Waals surface area contributed by atoms with Crippen LogP contribution in [0.3, 0.4) is 0 Å². The van der Waals surface area contributed by atoms with E-state index in [2.05, 4.69) is 31.0 Å². The normalized spacial score (nSPS) is 15.6. The van der Waals surface area contributed by atoms with Gasteiger partial charge in [0.1, 0.15) is 6.10 Å². The number of anilines is 1. The summed E-state index contributed by atoms with van der Waals surface area (Å²) in [5.74, 6) is 0.288. The zero-order chi connectivity index (χ0) is 22.3. The molecule has 2 aromatic heterocycles. The highest BCUT2D eigenvalue weighted by Gasteiger charge is 2.23. The molecule has 1 aliphatic carbocycles. The van der Waals surface area contributed by atoms with E-state index in [0.717, 1.165) is 31.2 Å². The molecule has 1 N–H and O–H groups in total. The summed E-state index contributed by atoms with van der Waals surface area (Å²) in [4.78, 5) is 22.4. The maximum Gasteiger partial charge on any atom is 0.255 e. The number of carbonyl (C=O) groups excluding carboxylic acids is 1. The Kier molecular flexibility index (Phi) is 7.17. The van der Waals surface area contributed by atoms with Crippen molar-refractivity contribution in [3.05, 3.63) is 52.8 Å². The number of amides is 1. The van der Waals surface area contributed by atoms with Gasteiger partial charge in [-0.3, -0.25) is 10.1 Å². The SMILES string of the molecule is CC(OC1CCCC1)C(=O)Nc1nc(CON=C(c2ccccc2)c2nnnn2C)cs1. The topological polar surface area (TPSA) is 116 Å². The van der Waals surface area contributed by atoms with E-state index in [9.17, 15) is 4.79 Å². The van der Waals surface area contributed by atoms with Gasteiger partial charge in [0.25, 0.3) is 5.91 Å². The summed E-state index contributed by atoms with van der Waals surface area (Å²) in [5.41, 5.74) is 1.99. The second-order valence-corrected chi connectivity index (χ2v) is 8.38. The second-order valence-electron chi connectivity index (χ2n) is 7.52. The molecule has 0 aliphatic heterocycles. The average molecular weight is 456 g/mol. The zero-order valence-corrected chi connectivity index (χ0v) is 18.8.